The number of amides is 1. The lowest BCUT2D eigenvalue weighted by Gasteiger charge is -2.16. The maximum Gasteiger partial charge on any atom is 0.340 e. The molecule has 1 fully saturated rings. The molecule has 0 spiro atoms. The van der Waals surface area contributed by atoms with Crippen LogP contribution in [0.3, 0.4) is 0 Å². The van der Waals surface area contributed by atoms with Gasteiger partial charge in [0.2, 0.25) is 5.91 Å². The number of carbonyl (C=O) groups is 1. The van der Waals surface area contributed by atoms with E-state index in [1.165, 1.54) is 0 Å². The zero-order valence-corrected chi connectivity index (χ0v) is 12.1. The van der Waals surface area contributed by atoms with Crippen LogP contribution in [-0.2, 0) is 11.2 Å². The molecule has 2 N–H and O–H groups in total. The van der Waals surface area contributed by atoms with E-state index in [1.54, 1.807) is 4.90 Å². The molecule has 0 aromatic carbocycles. The molecular weight excluding hydrogens is 272 g/mol. The van der Waals surface area contributed by atoms with Crippen molar-refractivity contribution < 1.29 is 4.79 Å². The molecule has 1 aliphatic rings. The van der Waals surface area contributed by atoms with Gasteiger partial charge in [-0.25, -0.2) is 9.89 Å². The summed E-state index contributed by atoms with van der Waals surface area (Å²) in [6, 6.07) is 2.26. The summed E-state index contributed by atoms with van der Waals surface area (Å²) in [5.41, 5.74) is 1.72. The largest absolute Gasteiger partial charge is 0.340 e. The van der Waals surface area contributed by atoms with Gasteiger partial charge in [0.15, 0.2) is 0 Å². The monoisotopic (exact) mass is 290 g/mol. The van der Waals surface area contributed by atoms with Crippen molar-refractivity contribution in [3.8, 4) is 0 Å². The van der Waals surface area contributed by atoms with Crippen LogP contribution in [0.4, 0.5) is 0 Å². The van der Waals surface area contributed by atoms with E-state index >= 15 is 0 Å². The van der Waals surface area contributed by atoms with Crippen molar-refractivity contribution in [2.24, 2.45) is 0 Å². The van der Waals surface area contributed by atoms with Crippen LogP contribution in [0, 0.1) is 13.8 Å². The van der Waals surface area contributed by atoms with Gasteiger partial charge in [-0.1, -0.05) is 0 Å². The van der Waals surface area contributed by atoms with E-state index in [4.69, 9.17) is 0 Å². The summed E-state index contributed by atoms with van der Waals surface area (Å²) in [5.74, 6) is 0.348. The predicted octanol–water partition coefficient (Wildman–Crippen LogP) is -0.0726. The number of hydrogen-bond donors (Lipinski definition) is 2. The summed E-state index contributed by atoms with van der Waals surface area (Å²) in [4.78, 5) is 27.5. The molecule has 1 saturated heterocycles. The third kappa shape index (κ3) is 2.74. The molecular formula is C13H18N6O2. The highest BCUT2D eigenvalue weighted by atomic mass is 16.2. The zero-order valence-electron chi connectivity index (χ0n) is 12.1. The van der Waals surface area contributed by atoms with Crippen LogP contribution in [0.5, 0.6) is 0 Å². The molecule has 0 bridgehead atoms. The highest BCUT2D eigenvalue weighted by molar-refractivity contribution is 5.78. The first kappa shape index (κ1) is 13.6. The SMILES string of the molecule is Cc1cc(C)n([C@@H]2CCN(C(=O)Cc3n[nH]c(=O)[nH]3)C2)n1. The minimum atomic E-state index is -0.389. The minimum Gasteiger partial charge on any atom is -0.340 e. The summed E-state index contributed by atoms with van der Waals surface area (Å²) in [7, 11) is 0. The predicted molar refractivity (Wildman–Crippen MR) is 74.8 cm³/mol. The van der Waals surface area contributed by atoms with Crippen LogP contribution in [0.15, 0.2) is 10.9 Å². The Hall–Kier alpha value is -2.38. The quantitative estimate of drug-likeness (QED) is 0.826. The maximum absolute atomic E-state index is 12.2. The van der Waals surface area contributed by atoms with Gasteiger partial charge in [-0.2, -0.15) is 10.2 Å². The molecule has 21 heavy (non-hydrogen) atoms. The molecule has 2 aromatic heterocycles. The second-order valence-corrected chi connectivity index (χ2v) is 5.46. The summed E-state index contributed by atoms with van der Waals surface area (Å²) in [6.07, 6.45) is 1.01. The Morgan fingerprint density at radius 2 is 2.29 bits per heavy atom. The Labute approximate surface area is 121 Å². The standard InChI is InChI=1S/C13H18N6O2/c1-8-5-9(2)19(17-8)10-3-4-18(7-10)12(20)6-11-14-13(21)16-15-11/h5,10H,3-4,6-7H2,1-2H3,(H2,14,15,16,21)/t10-/m1/s1. The Bertz CT molecular complexity index is 712. The molecule has 1 atom stereocenters. The fourth-order valence-electron chi connectivity index (χ4n) is 2.83. The molecule has 8 nitrogen and oxygen atoms in total. The molecule has 2 aromatic rings. The second-order valence-electron chi connectivity index (χ2n) is 5.46. The van der Waals surface area contributed by atoms with Crippen LogP contribution < -0.4 is 5.69 Å². The van der Waals surface area contributed by atoms with Crippen molar-refractivity contribution in [1.82, 2.24) is 29.9 Å². The molecule has 8 heteroatoms. The Morgan fingerprint density at radius 3 is 2.90 bits per heavy atom. The molecule has 3 rings (SSSR count). The average molecular weight is 290 g/mol. The Balaban J connectivity index is 1.65. The summed E-state index contributed by atoms with van der Waals surface area (Å²) in [5, 5.41) is 10.5. The van der Waals surface area contributed by atoms with Gasteiger partial charge in [0, 0.05) is 18.8 Å². The molecule has 1 amide bonds. The van der Waals surface area contributed by atoms with E-state index in [9.17, 15) is 9.59 Å². The highest BCUT2D eigenvalue weighted by Crippen LogP contribution is 2.23. The second kappa shape index (κ2) is 5.19. The molecule has 0 aliphatic carbocycles. The number of nitrogens with zero attached hydrogens (tertiary/aromatic N) is 4. The Morgan fingerprint density at radius 1 is 1.48 bits per heavy atom. The van der Waals surface area contributed by atoms with Gasteiger partial charge in [0.1, 0.15) is 5.82 Å². The number of likely N-dealkylation sites (tertiary alicyclic amines) is 1. The number of aromatic nitrogens is 5. The van der Waals surface area contributed by atoms with Gasteiger partial charge in [0.05, 0.1) is 18.2 Å². The Kier molecular flexibility index (Phi) is 3.36. The third-order valence-corrected chi connectivity index (χ3v) is 3.78. The van der Waals surface area contributed by atoms with E-state index < -0.39 is 0 Å². The molecule has 0 unspecified atom stereocenters. The summed E-state index contributed by atoms with van der Waals surface area (Å²) >= 11 is 0. The van der Waals surface area contributed by atoms with Crippen molar-refractivity contribution in [2.75, 3.05) is 13.1 Å². The third-order valence-electron chi connectivity index (χ3n) is 3.78. The first-order chi connectivity index (χ1) is 10.0. The first-order valence-corrected chi connectivity index (χ1v) is 6.97. The van der Waals surface area contributed by atoms with Gasteiger partial charge < -0.3 is 4.90 Å². The van der Waals surface area contributed by atoms with Crippen molar-refractivity contribution in [3.63, 3.8) is 0 Å². The van der Waals surface area contributed by atoms with Gasteiger partial charge in [0.25, 0.3) is 0 Å². The van der Waals surface area contributed by atoms with Crippen molar-refractivity contribution >= 4 is 5.91 Å². The number of aromatic amines is 2. The number of H-pyrrole nitrogens is 2. The maximum atomic E-state index is 12.2. The number of rotatable bonds is 3. The van der Waals surface area contributed by atoms with E-state index in [0.717, 1.165) is 17.8 Å². The first-order valence-electron chi connectivity index (χ1n) is 6.97. The molecule has 0 radical (unpaired) electrons. The lowest BCUT2D eigenvalue weighted by molar-refractivity contribution is -0.129. The van der Waals surface area contributed by atoms with Crippen LogP contribution in [0.1, 0.15) is 29.7 Å². The van der Waals surface area contributed by atoms with Gasteiger partial charge in [-0.05, 0) is 26.3 Å². The van der Waals surface area contributed by atoms with Gasteiger partial charge in [-0.3, -0.25) is 14.5 Å². The molecule has 1 aliphatic heterocycles. The van der Waals surface area contributed by atoms with Crippen molar-refractivity contribution in [1.29, 1.82) is 0 Å². The zero-order chi connectivity index (χ0) is 15.0. The van der Waals surface area contributed by atoms with Crippen LogP contribution in [0.25, 0.3) is 0 Å². The minimum absolute atomic E-state index is 0.0261. The lowest BCUT2D eigenvalue weighted by Crippen LogP contribution is -2.31. The van der Waals surface area contributed by atoms with Crippen LogP contribution in [0.2, 0.25) is 0 Å². The van der Waals surface area contributed by atoms with E-state index in [1.807, 2.05) is 24.6 Å². The van der Waals surface area contributed by atoms with Gasteiger partial charge in [-0.15, -0.1) is 0 Å². The topological polar surface area (TPSA) is 99.7 Å². The smallest absolute Gasteiger partial charge is 0.340 e. The molecule has 3 heterocycles. The van der Waals surface area contributed by atoms with Crippen LogP contribution in [-0.4, -0.2) is 48.9 Å². The number of nitrogens with one attached hydrogen (secondary N) is 2. The fourth-order valence-corrected chi connectivity index (χ4v) is 2.83. The van der Waals surface area contributed by atoms with Gasteiger partial charge >= 0.3 is 5.69 Å². The van der Waals surface area contributed by atoms with E-state index in [-0.39, 0.29) is 24.1 Å². The highest BCUT2D eigenvalue weighted by Gasteiger charge is 2.29. The summed E-state index contributed by atoms with van der Waals surface area (Å²) in [6.45, 7) is 5.35. The number of hydrogen-bond acceptors (Lipinski definition) is 4. The van der Waals surface area contributed by atoms with Crippen LogP contribution >= 0.6 is 0 Å². The molecule has 0 saturated carbocycles. The summed E-state index contributed by atoms with van der Waals surface area (Å²) < 4.78 is 2.00. The number of carbonyl (C=O) groups excluding carboxylic acids is 1. The van der Waals surface area contributed by atoms with E-state index in [0.29, 0.717) is 18.9 Å². The van der Waals surface area contributed by atoms with Crippen molar-refractivity contribution in [3.05, 3.63) is 33.8 Å². The number of aryl methyl sites for hydroxylation is 2. The molecule has 112 valence electrons. The normalized spacial score (nSPS) is 18.4. The lowest BCUT2D eigenvalue weighted by atomic mass is 10.2. The fraction of sp³-hybridized carbons (Fsp3) is 0.538. The average Bonchev–Trinajstić information content (AvgIpc) is 3.10. The van der Waals surface area contributed by atoms with Crippen molar-refractivity contribution in [2.45, 2.75) is 32.7 Å². The van der Waals surface area contributed by atoms with E-state index in [2.05, 4.69) is 20.3 Å².